The van der Waals surface area contributed by atoms with Crippen LogP contribution in [0.4, 0.5) is 0 Å². The number of rotatable bonds is 5. The van der Waals surface area contributed by atoms with Crippen molar-refractivity contribution in [2.24, 2.45) is 0 Å². The Balaban J connectivity index is 2.09. The zero-order chi connectivity index (χ0) is 13.1. The lowest BCUT2D eigenvalue weighted by atomic mass is 10.1. The number of carboxylic acids is 1. The predicted octanol–water partition coefficient (Wildman–Crippen LogP) is 2.29. The summed E-state index contributed by atoms with van der Waals surface area (Å²) in [5.41, 5.74) is 3.72. The van der Waals surface area contributed by atoms with Crippen LogP contribution in [-0.2, 0) is 34.2 Å². The lowest BCUT2D eigenvalue weighted by molar-refractivity contribution is -0.136. The van der Waals surface area contributed by atoms with Gasteiger partial charge in [-0.25, -0.2) is 0 Å². The van der Waals surface area contributed by atoms with Gasteiger partial charge >= 0.3 is 5.97 Å². The standard InChI is InChI=1S/C14H18O3S/c1-2-13(14(15)16)18(17)9-10-6-7-11-4-3-5-12(11)8-10/h6-8,13H,2-5,9H2,1H3,(H,15,16). The molecule has 0 radical (unpaired) electrons. The van der Waals surface area contributed by atoms with Crippen molar-refractivity contribution in [1.82, 2.24) is 0 Å². The molecule has 0 heterocycles. The van der Waals surface area contributed by atoms with Crippen LogP contribution in [0.5, 0.6) is 0 Å². The number of fused-ring (bicyclic) bond motifs is 1. The Labute approximate surface area is 110 Å². The minimum Gasteiger partial charge on any atom is -0.480 e. The summed E-state index contributed by atoms with van der Waals surface area (Å²) >= 11 is 0. The molecular weight excluding hydrogens is 248 g/mol. The largest absolute Gasteiger partial charge is 0.480 e. The summed E-state index contributed by atoms with van der Waals surface area (Å²) in [4.78, 5) is 11.0. The van der Waals surface area contributed by atoms with E-state index >= 15 is 0 Å². The molecule has 0 bridgehead atoms. The highest BCUT2D eigenvalue weighted by molar-refractivity contribution is 7.85. The number of carboxylic acid groups (broad SMARTS) is 1. The molecule has 0 aliphatic heterocycles. The average Bonchev–Trinajstić information content (AvgIpc) is 2.76. The molecule has 1 aromatic rings. The van der Waals surface area contributed by atoms with Crippen LogP contribution in [0, 0.1) is 0 Å². The monoisotopic (exact) mass is 266 g/mol. The summed E-state index contributed by atoms with van der Waals surface area (Å²) < 4.78 is 12.0. The fourth-order valence-electron chi connectivity index (χ4n) is 2.45. The van der Waals surface area contributed by atoms with Crippen LogP contribution < -0.4 is 0 Å². The lowest BCUT2D eigenvalue weighted by Crippen LogP contribution is -2.25. The Morgan fingerprint density at radius 1 is 1.39 bits per heavy atom. The van der Waals surface area contributed by atoms with Crippen LogP contribution in [0.15, 0.2) is 18.2 Å². The minimum atomic E-state index is -1.33. The van der Waals surface area contributed by atoms with Crippen LogP contribution in [0.25, 0.3) is 0 Å². The molecule has 0 spiro atoms. The fourth-order valence-corrected chi connectivity index (χ4v) is 3.76. The van der Waals surface area contributed by atoms with Crippen molar-refractivity contribution >= 4 is 16.8 Å². The number of aliphatic carboxylic acids is 1. The number of carbonyl (C=O) groups is 1. The minimum absolute atomic E-state index is 0.345. The molecule has 1 N–H and O–H groups in total. The maximum absolute atomic E-state index is 12.0. The molecule has 2 unspecified atom stereocenters. The maximum Gasteiger partial charge on any atom is 0.319 e. The van der Waals surface area contributed by atoms with Gasteiger partial charge in [-0.3, -0.25) is 9.00 Å². The van der Waals surface area contributed by atoms with Gasteiger partial charge in [-0.2, -0.15) is 0 Å². The third kappa shape index (κ3) is 2.80. The smallest absolute Gasteiger partial charge is 0.319 e. The van der Waals surface area contributed by atoms with Gasteiger partial charge in [0.05, 0.1) is 0 Å². The molecule has 1 aromatic carbocycles. The van der Waals surface area contributed by atoms with Crippen LogP contribution in [0.1, 0.15) is 36.5 Å². The molecule has 0 amide bonds. The van der Waals surface area contributed by atoms with Crippen LogP contribution in [0.3, 0.4) is 0 Å². The van der Waals surface area contributed by atoms with Crippen molar-refractivity contribution in [3.05, 3.63) is 34.9 Å². The quantitative estimate of drug-likeness (QED) is 0.889. The molecule has 1 aliphatic carbocycles. The van der Waals surface area contributed by atoms with Gasteiger partial charge in [-0.05, 0) is 42.4 Å². The van der Waals surface area contributed by atoms with Gasteiger partial charge in [-0.15, -0.1) is 0 Å². The molecular formula is C14H18O3S. The topological polar surface area (TPSA) is 54.4 Å². The second-order valence-corrected chi connectivity index (χ2v) is 6.34. The highest BCUT2D eigenvalue weighted by atomic mass is 32.2. The Morgan fingerprint density at radius 2 is 2.11 bits per heavy atom. The third-order valence-electron chi connectivity index (χ3n) is 3.44. The normalized spacial score (nSPS) is 17.2. The van der Waals surface area contributed by atoms with Gasteiger partial charge in [0.25, 0.3) is 0 Å². The van der Waals surface area contributed by atoms with Gasteiger partial charge in [0, 0.05) is 16.6 Å². The van der Waals surface area contributed by atoms with Crippen molar-refractivity contribution in [1.29, 1.82) is 0 Å². The molecule has 1 aliphatic rings. The van der Waals surface area contributed by atoms with E-state index in [0.717, 1.165) is 18.4 Å². The highest BCUT2D eigenvalue weighted by Gasteiger charge is 2.23. The first-order valence-electron chi connectivity index (χ1n) is 6.32. The molecule has 0 saturated heterocycles. The van der Waals surface area contributed by atoms with Crippen molar-refractivity contribution < 1.29 is 14.1 Å². The zero-order valence-corrected chi connectivity index (χ0v) is 11.3. The summed E-state index contributed by atoms with van der Waals surface area (Å²) in [6, 6.07) is 6.17. The first-order valence-corrected chi connectivity index (χ1v) is 7.70. The maximum atomic E-state index is 12.0. The number of hydrogen-bond acceptors (Lipinski definition) is 2. The van der Waals surface area contributed by atoms with Gasteiger partial charge in [0.1, 0.15) is 5.25 Å². The summed E-state index contributed by atoms with van der Waals surface area (Å²) in [5.74, 6) is -0.616. The van der Waals surface area contributed by atoms with Crippen molar-refractivity contribution in [2.45, 2.75) is 43.6 Å². The van der Waals surface area contributed by atoms with Gasteiger partial charge in [-0.1, -0.05) is 25.1 Å². The molecule has 0 aromatic heterocycles. The SMILES string of the molecule is CCC(C(=O)O)S(=O)Cc1ccc2c(c1)CCC2. The Hall–Kier alpha value is -1.16. The number of aryl methyl sites for hydroxylation is 2. The molecule has 2 rings (SSSR count). The molecule has 0 saturated carbocycles. The Morgan fingerprint density at radius 3 is 2.78 bits per heavy atom. The predicted molar refractivity (Wildman–Crippen MR) is 72.0 cm³/mol. The highest BCUT2D eigenvalue weighted by Crippen LogP contribution is 2.23. The van der Waals surface area contributed by atoms with E-state index in [-0.39, 0.29) is 0 Å². The first kappa shape index (κ1) is 13.3. The van der Waals surface area contributed by atoms with Crippen molar-refractivity contribution in [3.63, 3.8) is 0 Å². The third-order valence-corrected chi connectivity index (χ3v) is 5.22. The summed E-state index contributed by atoms with van der Waals surface area (Å²) in [5, 5.41) is 8.23. The fraction of sp³-hybridized carbons (Fsp3) is 0.500. The van der Waals surface area contributed by atoms with Crippen LogP contribution in [-0.4, -0.2) is 20.5 Å². The average molecular weight is 266 g/mol. The molecule has 4 heteroatoms. The Kier molecular flexibility index (Phi) is 4.17. The van der Waals surface area contributed by atoms with Gasteiger partial charge in [0.15, 0.2) is 0 Å². The molecule has 2 atom stereocenters. The van der Waals surface area contributed by atoms with E-state index in [1.165, 1.54) is 17.5 Å². The van der Waals surface area contributed by atoms with E-state index in [2.05, 4.69) is 12.1 Å². The van der Waals surface area contributed by atoms with E-state index in [4.69, 9.17) is 5.11 Å². The van der Waals surface area contributed by atoms with Gasteiger partial charge in [0.2, 0.25) is 0 Å². The number of hydrogen-bond donors (Lipinski definition) is 1. The van der Waals surface area contributed by atoms with E-state index < -0.39 is 22.0 Å². The lowest BCUT2D eigenvalue weighted by Gasteiger charge is -2.10. The second kappa shape index (κ2) is 5.65. The van der Waals surface area contributed by atoms with Crippen molar-refractivity contribution in [3.8, 4) is 0 Å². The summed E-state index contributed by atoms with van der Waals surface area (Å²) in [6.07, 6.45) is 3.82. The van der Waals surface area contributed by atoms with E-state index in [1.807, 2.05) is 6.07 Å². The molecule has 18 heavy (non-hydrogen) atoms. The second-order valence-electron chi connectivity index (χ2n) is 4.72. The summed E-state index contributed by atoms with van der Waals surface area (Å²) in [6.45, 7) is 1.76. The molecule has 3 nitrogen and oxygen atoms in total. The van der Waals surface area contributed by atoms with E-state index in [0.29, 0.717) is 12.2 Å². The van der Waals surface area contributed by atoms with Crippen LogP contribution >= 0.6 is 0 Å². The summed E-state index contributed by atoms with van der Waals surface area (Å²) in [7, 11) is -1.33. The zero-order valence-electron chi connectivity index (χ0n) is 10.5. The van der Waals surface area contributed by atoms with Crippen LogP contribution in [0.2, 0.25) is 0 Å². The van der Waals surface area contributed by atoms with Crippen molar-refractivity contribution in [2.75, 3.05) is 0 Å². The molecule has 98 valence electrons. The Bertz CT molecular complexity index is 482. The van der Waals surface area contributed by atoms with E-state index in [9.17, 15) is 9.00 Å². The number of benzene rings is 1. The molecule has 0 fully saturated rings. The van der Waals surface area contributed by atoms with Gasteiger partial charge < -0.3 is 5.11 Å². The first-order chi connectivity index (χ1) is 8.61. The van der Waals surface area contributed by atoms with E-state index in [1.54, 1.807) is 6.92 Å².